The fourth-order valence-corrected chi connectivity index (χ4v) is 4.32. The van der Waals surface area contributed by atoms with Gasteiger partial charge >= 0.3 is 0 Å². The normalized spacial score (nSPS) is 10.6. The minimum Gasteiger partial charge on any atom is -0.350 e. The molecule has 1 amide bonds. The molecule has 118 valence electrons. The van der Waals surface area contributed by atoms with E-state index >= 15 is 0 Å². The Hall–Kier alpha value is -1.63. The van der Waals surface area contributed by atoms with Gasteiger partial charge in [-0.3, -0.25) is 4.79 Å². The van der Waals surface area contributed by atoms with Crippen molar-refractivity contribution in [2.24, 2.45) is 0 Å². The molecule has 0 aliphatic rings. The number of hydrogen-bond acceptors (Lipinski definition) is 5. The van der Waals surface area contributed by atoms with Crippen molar-refractivity contribution >= 4 is 40.3 Å². The van der Waals surface area contributed by atoms with Crippen LogP contribution in [-0.4, -0.2) is 23.2 Å². The number of benzene rings is 1. The van der Waals surface area contributed by atoms with Crippen LogP contribution in [-0.2, 0) is 5.75 Å². The molecule has 2 aromatic heterocycles. The van der Waals surface area contributed by atoms with Gasteiger partial charge in [-0.05, 0) is 17.0 Å². The number of thiazole rings is 1. The van der Waals surface area contributed by atoms with Crippen molar-refractivity contribution in [1.82, 2.24) is 10.3 Å². The van der Waals surface area contributed by atoms with E-state index in [9.17, 15) is 4.79 Å². The van der Waals surface area contributed by atoms with Gasteiger partial charge in [0.1, 0.15) is 10.7 Å². The molecular formula is C17H16N2OS3. The molecular weight excluding hydrogens is 344 g/mol. The smallest absolute Gasteiger partial charge is 0.270 e. The number of rotatable bonds is 7. The van der Waals surface area contributed by atoms with Gasteiger partial charge in [0, 0.05) is 34.4 Å². The number of amides is 1. The monoisotopic (exact) mass is 360 g/mol. The lowest BCUT2D eigenvalue weighted by atomic mass is 10.2. The van der Waals surface area contributed by atoms with Crippen LogP contribution < -0.4 is 5.32 Å². The van der Waals surface area contributed by atoms with E-state index in [1.165, 1.54) is 16.9 Å². The summed E-state index contributed by atoms with van der Waals surface area (Å²) >= 11 is 4.95. The van der Waals surface area contributed by atoms with E-state index in [4.69, 9.17) is 0 Å². The third-order valence-corrected chi connectivity index (χ3v) is 5.75. The van der Waals surface area contributed by atoms with E-state index in [1.807, 2.05) is 52.2 Å². The number of thiophene rings is 1. The molecule has 0 saturated heterocycles. The van der Waals surface area contributed by atoms with E-state index in [0.29, 0.717) is 12.2 Å². The van der Waals surface area contributed by atoms with Gasteiger partial charge in [-0.2, -0.15) is 23.1 Å². The van der Waals surface area contributed by atoms with Crippen LogP contribution in [0.5, 0.6) is 0 Å². The van der Waals surface area contributed by atoms with Crippen LogP contribution in [0.1, 0.15) is 16.1 Å². The first kappa shape index (κ1) is 16.2. The Morgan fingerprint density at radius 3 is 2.83 bits per heavy atom. The second kappa shape index (κ2) is 8.29. The zero-order valence-electron chi connectivity index (χ0n) is 12.4. The fourth-order valence-electron chi connectivity index (χ4n) is 1.99. The Labute approximate surface area is 147 Å². The van der Waals surface area contributed by atoms with Crippen molar-refractivity contribution < 1.29 is 4.79 Å². The number of carbonyl (C=O) groups excluding carboxylic acids is 1. The highest BCUT2D eigenvalue weighted by Gasteiger charge is 2.11. The van der Waals surface area contributed by atoms with Crippen LogP contribution in [0.15, 0.2) is 52.5 Å². The van der Waals surface area contributed by atoms with E-state index in [-0.39, 0.29) is 5.91 Å². The standard InChI is InChI=1S/C17H16N2OS3/c20-16(15-12-23-17(19-15)14-6-8-21-11-14)18-7-9-22-10-13-4-2-1-3-5-13/h1-6,8,11-12H,7,9-10H2,(H,18,20). The molecule has 0 aliphatic carbocycles. The highest BCUT2D eigenvalue weighted by molar-refractivity contribution is 7.98. The van der Waals surface area contributed by atoms with E-state index in [1.54, 1.807) is 11.3 Å². The molecule has 0 radical (unpaired) electrons. The van der Waals surface area contributed by atoms with Crippen molar-refractivity contribution in [3.63, 3.8) is 0 Å². The largest absolute Gasteiger partial charge is 0.350 e. The quantitative estimate of drug-likeness (QED) is 0.629. The molecule has 6 heteroatoms. The Kier molecular flexibility index (Phi) is 5.85. The lowest BCUT2D eigenvalue weighted by Crippen LogP contribution is -2.26. The van der Waals surface area contributed by atoms with Crippen LogP contribution in [0.2, 0.25) is 0 Å². The van der Waals surface area contributed by atoms with Crippen LogP contribution >= 0.6 is 34.4 Å². The highest BCUT2D eigenvalue weighted by Crippen LogP contribution is 2.25. The van der Waals surface area contributed by atoms with E-state index in [0.717, 1.165) is 22.1 Å². The third-order valence-electron chi connectivity index (χ3n) is 3.15. The summed E-state index contributed by atoms with van der Waals surface area (Å²) < 4.78 is 0. The number of thioether (sulfide) groups is 1. The molecule has 0 spiro atoms. The molecule has 0 aliphatic heterocycles. The average molecular weight is 361 g/mol. The number of carbonyl (C=O) groups is 1. The maximum atomic E-state index is 12.1. The Morgan fingerprint density at radius 2 is 2.04 bits per heavy atom. The summed E-state index contributed by atoms with van der Waals surface area (Å²) in [6.07, 6.45) is 0. The van der Waals surface area contributed by atoms with Gasteiger partial charge in [-0.1, -0.05) is 30.3 Å². The fraction of sp³-hybridized carbons (Fsp3) is 0.176. The average Bonchev–Trinajstić information content (AvgIpc) is 3.26. The summed E-state index contributed by atoms with van der Waals surface area (Å²) in [5, 5.41) is 9.70. The lowest BCUT2D eigenvalue weighted by molar-refractivity contribution is 0.0952. The third kappa shape index (κ3) is 4.67. The molecule has 2 heterocycles. The van der Waals surface area contributed by atoms with Gasteiger partial charge < -0.3 is 5.32 Å². The minimum absolute atomic E-state index is 0.0944. The lowest BCUT2D eigenvalue weighted by Gasteiger charge is -2.03. The zero-order chi connectivity index (χ0) is 15.9. The molecule has 3 rings (SSSR count). The van der Waals surface area contributed by atoms with Gasteiger partial charge in [-0.15, -0.1) is 11.3 Å². The molecule has 0 unspecified atom stereocenters. The first-order valence-corrected chi connectivity index (χ1v) is 10.2. The Bertz CT molecular complexity index is 738. The van der Waals surface area contributed by atoms with E-state index < -0.39 is 0 Å². The van der Waals surface area contributed by atoms with Gasteiger partial charge in [0.2, 0.25) is 0 Å². The Balaban J connectivity index is 1.41. The van der Waals surface area contributed by atoms with Crippen molar-refractivity contribution in [2.75, 3.05) is 12.3 Å². The van der Waals surface area contributed by atoms with Crippen LogP contribution in [0, 0.1) is 0 Å². The topological polar surface area (TPSA) is 42.0 Å². The number of hydrogen-bond donors (Lipinski definition) is 1. The summed E-state index contributed by atoms with van der Waals surface area (Å²) in [7, 11) is 0. The van der Waals surface area contributed by atoms with Crippen molar-refractivity contribution in [1.29, 1.82) is 0 Å². The maximum Gasteiger partial charge on any atom is 0.270 e. The number of nitrogens with one attached hydrogen (secondary N) is 1. The van der Waals surface area contributed by atoms with Crippen LogP contribution in [0.25, 0.3) is 10.6 Å². The summed E-state index contributed by atoms with van der Waals surface area (Å²) in [6, 6.07) is 12.4. The van der Waals surface area contributed by atoms with Gasteiger partial charge in [0.15, 0.2) is 0 Å². The predicted octanol–water partition coefficient (Wildman–Crippen LogP) is 4.53. The minimum atomic E-state index is -0.0944. The molecule has 0 atom stereocenters. The van der Waals surface area contributed by atoms with Crippen molar-refractivity contribution in [3.05, 3.63) is 63.8 Å². The Morgan fingerprint density at radius 1 is 1.17 bits per heavy atom. The molecule has 1 N–H and O–H groups in total. The summed E-state index contributed by atoms with van der Waals surface area (Å²) in [4.78, 5) is 16.5. The van der Waals surface area contributed by atoms with Crippen molar-refractivity contribution in [3.8, 4) is 10.6 Å². The molecule has 3 aromatic rings. The van der Waals surface area contributed by atoms with Crippen molar-refractivity contribution in [2.45, 2.75) is 5.75 Å². The second-order valence-electron chi connectivity index (χ2n) is 4.84. The van der Waals surface area contributed by atoms with Crippen LogP contribution in [0.3, 0.4) is 0 Å². The summed E-state index contributed by atoms with van der Waals surface area (Å²) in [5.41, 5.74) is 2.89. The molecule has 3 nitrogen and oxygen atoms in total. The van der Waals surface area contributed by atoms with Crippen LogP contribution in [0.4, 0.5) is 0 Å². The predicted molar refractivity (Wildman–Crippen MR) is 100 cm³/mol. The SMILES string of the molecule is O=C(NCCSCc1ccccc1)c1csc(-c2ccsc2)n1. The van der Waals surface area contributed by atoms with Gasteiger partial charge in [0.05, 0.1) is 0 Å². The molecule has 0 saturated carbocycles. The van der Waals surface area contributed by atoms with Gasteiger partial charge in [-0.25, -0.2) is 4.98 Å². The zero-order valence-corrected chi connectivity index (χ0v) is 14.8. The van der Waals surface area contributed by atoms with E-state index in [2.05, 4.69) is 22.4 Å². The second-order valence-corrected chi connectivity index (χ2v) is 7.59. The highest BCUT2D eigenvalue weighted by atomic mass is 32.2. The molecule has 1 aromatic carbocycles. The molecule has 23 heavy (non-hydrogen) atoms. The summed E-state index contributed by atoms with van der Waals surface area (Å²) in [6.45, 7) is 0.654. The van der Waals surface area contributed by atoms with Gasteiger partial charge in [0.25, 0.3) is 5.91 Å². The summed E-state index contributed by atoms with van der Waals surface area (Å²) in [5.74, 6) is 1.76. The number of aromatic nitrogens is 1. The maximum absolute atomic E-state index is 12.1. The first-order chi connectivity index (χ1) is 11.3. The first-order valence-electron chi connectivity index (χ1n) is 7.21. The molecule has 0 fully saturated rings. The molecule has 0 bridgehead atoms. The number of nitrogens with zero attached hydrogens (tertiary/aromatic N) is 1.